The largest absolute Gasteiger partial charge is 0.339 e. The van der Waals surface area contributed by atoms with Gasteiger partial charge in [0.05, 0.1) is 39.0 Å². The number of para-hydroxylation sites is 3. The van der Waals surface area contributed by atoms with Crippen LogP contribution < -0.4 is 5.69 Å². The number of fused-ring (bicyclic) bond motifs is 10. The van der Waals surface area contributed by atoms with E-state index in [1.165, 1.54) is 5.56 Å². The molecule has 0 aliphatic heterocycles. The fourth-order valence-corrected chi connectivity index (χ4v) is 8.93. The number of hydrogen-bond donors (Lipinski definition) is 0. The fraction of sp³-hybridized carbons (Fsp3) is 0. The van der Waals surface area contributed by atoms with E-state index >= 15 is 0 Å². The van der Waals surface area contributed by atoms with E-state index in [2.05, 4.69) is 126 Å². The third-order valence-corrected chi connectivity index (χ3v) is 11.6. The Morgan fingerprint density at radius 1 is 0.431 bits per heavy atom. The zero-order valence-electron chi connectivity index (χ0n) is 31.0. The van der Waals surface area contributed by atoms with Crippen molar-refractivity contribution in [2.75, 3.05) is 0 Å². The van der Waals surface area contributed by atoms with Crippen LogP contribution in [-0.2, 0) is 0 Å². The first-order valence-electron chi connectivity index (χ1n) is 19.4. The summed E-state index contributed by atoms with van der Waals surface area (Å²) < 4.78 is 3.56. The standard InChI is InChI=1S/C52H31N5O/c58-52-56(37-12-2-1-3-13-37)46-31-36(26-28-42(46)51-55-44-18-8-9-19-45(44)57(51)52)48-40-16-6-4-14-38(40)47(39-15-5-7-17-41(39)48)33-22-20-32(21-23-33)43-29-27-35-25-24-34-11-10-30-53-49(34)50(35)54-43/h1-31H. The van der Waals surface area contributed by atoms with Gasteiger partial charge in [-0.1, -0.05) is 133 Å². The number of aromatic nitrogens is 5. The van der Waals surface area contributed by atoms with Crippen molar-refractivity contribution in [1.82, 2.24) is 23.9 Å². The molecular formula is C52H31N5O. The molecule has 0 aliphatic carbocycles. The van der Waals surface area contributed by atoms with Crippen molar-refractivity contribution < 1.29 is 0 Å². The molecule has 0 unspecified atom stereocenters. The molecule has 0 spiro atoms. The summed E-state index contributed by atoms with van der Waals surface area (Å²) in [4.78, 5) is 29.3. The van der Waals surface area contributed by atoms with E-state index in [1.54, 1.807) is 4.40 Å². The lowest BCUT2D eigenvalue weighted by Crippen LogP contribution is -2.25. The van der Waals surface area contributed by atoms with Crippen molar-refractivity contribution in [3.05, 3.63) is 199 Å². The first-order chi connectivity index (χ1) is 28.7. The summed E-state index contributed by atoms with van der Waals surface area (Å²) in [7, 11) is 0. The average molecular weight is 742 g/mol. The number of pyridine rings is 2. The van der Waals surface area contributed by atoms with Gasteiger partial charge in [-0.3, -0.25) is 9.55 Å². The number of nitrogens with zero attached hydrogens (tertiary/aromatic N) is 5. The highest BCUT2D eigenvalue weighted by Crippen LogP contribution is 2.44. The fourth-order valence-electron chi connectivity index (χ4n) is 8.93. The Hall–Kier alpha value is -7.96. The summed E-state index contributed by atoms with van der Waals surface area (Å²) in [5.41, 5.74) is 11.9. The minimum absolute atomic E-state index is 0.156. The van der Waals surface area contributed by atoms with Crippen LogP contribution in [0.5, 0.6) is 0 Å². The van der Waals surface area contributed by atoms with Gasteiger partial charge in [0.15, 0.2) is 5.65 Å². The van der Waals surface area contributed by atoms with Crippen molar-refractivity contribution in [2.24, 2.45) is 0 Å². The second-order valence-corrected chi connectivity index (χ2v) is 14.8. The third kappa shape index (κ3) is 4.79. The van der Waals surface area contributed by atoms with Crippen LogP contribution in [0, 0.1) is 0 Å². The smallest absolute Gasteiger partial charge is 0.262 e. The molecule has 0 N–H and O–H groups in total. The van der Waals surface area contributed by atoms with Crippen LogP contribution in [0.4, 0.5) is 0 Å². The van der Waals surface area contributed by atoms with Gasteiger partial charge in [-0.25, -0.2) is 19.2 Å². The summed E-state index contributed by atoms with van der Waals surface area (Å²) >= 11 is 0. The molecule has 12 rings (SSSR count). The van der Waals surface area contributed by atoms with E-state index in [-0.39, 0.29) is 5.69 Å². The molecule has 0 bridgehead atoms. The molecule has 0 saturated carbocycles. The Bertz CT molecular complexity index is 3640. The molecule has 6 nitrogen and oxygen atoms in total. The van der Waals surface area contributed by atoms with E-state index in [9.17, 15) is 4.79 Å². The molecule has 4 heterocycles. The highest BCUT2D eigenvalue weighted by molar-refractivity contribution is 6.22. The van der Waals surface area contributed by atoms with Crippen LogP contribution in [0.25, 0.3) is 110 Å². The summed E-state index contributed by atoms with van der Waals surface area (Å²) in [6.07, 6.45) is 1.83. The Labute approximate surface area is 331 Å². The van der Waals surface area contributed by atoms with Crippen molar-refractivity contribution in [3.63, 3.8) is 0 Å². The van der Waals surface area contributed by atoms with Gasteiger partial charge in [-0.2, -0.15) is 0 Å². The Morgan fingerprint density at radius 2 is 1.03 bits per heavy atom. The quantitative estimate of drug-likeness (QED) is 0.133. The van der Waals surface area contributed by atoms with Crippen molar-refractivity contribution >= 4 is 70.9 Å². The zero-order valence-corrected chi connectivity index (χ0v) is 31.0. The molecule has 58 heavy (non-hydrogen) atoms. The van der Waals surface area contributed by atoms with E-state index in [1.807, 2.05) is 71.4 Å². The molecule has 270 valence electrons. The van der Waals surface area contributed by atoms with Crippen LogP contribution in [0.1, 0.15) is 0 Å². The normalized spacial score (nSPS) is 11.9. The van der Waals surface area contributed by atoms with Gasteiger partial charge in [0.1, 0.15) is 0 Å². The second-order valence-electron chi connectivity index (χ2n) is 14.8. The Balaban J connectivity index is 1.06. The molecule has 12 aromatic rings. The van der Waals surface area contributed by atoms with Gasteiger partial charge >= 0.3 is 5.69 Å². The summed E-state index contributed by atoms with van der Waals surface area (Å²) in [6.45, 7) is 0. The highest BCUT2D eigenvalue weighted by atomic mass is 16.1. The number of hydrogen-bond acceptors (Lipinski definition) is 4. The van der Waals surface area contributed by atoms with Crippen LogP contribution in [-0.4, -0.2) is 23.9 Å². The SMILES string of the molecule is O=c1n(-c2ccccc2)c2cc(-c3c4ccccc4c(-c4ccc(-c5ccc6ccc7cccnc7c6n5)cc4)c4ccccc34)ccc2c2nc3ccccc3n12. The molecule has 6 heteroatoms. The van der Waals surface area contributed by atoms with Crippen molar-refractivity contribution in [3.8, 4) is 39.2 Å². The van der Waals surface area contributed by atoms with Crippen LogP contribution in [0.2, 0.25) is 0 Å². The van der Waals surface area contributed by atoms with Gasteiger partial charge < -0.3 is 0 Å². The molecular weight excluding hydrogens is 711 g/mol. The molecule has 8 aromatic carbocycles. The first-order valence-corrected chi connectivity index (χ1v) is 19.4. The maximum Gasteiger partial charge on any atom is 0.339 e. The van der Waals surface area contributed by atoms with Crippen LogP contribution in [0.3, 0.4) is 0 Å². The first kappa shape index (κ1) is 32.3. The molecule has 0 saturated heterocycles. The summed E-state index contributed by atoms with van der Waals surface area (Å²) in [6, 6.07) is 62.7. The van der Waals surface area contributed by atoms with E-state index in [0.717, 1.165) is 98.9 Å². The minimum atomic E-state index is -0.156. The van der Waals surface area contributed by atoms with Crippen LogP contribution >= 0.6 is 0 Å². The van der Waals surface area contributed by atoms with Gasteiger partial charge in [0.2, 0.25) is 0 Å². The second kappa shape index (κ2) is 12.5. The van der Waals surface area contributed by atoms with E-state index in [0.29, 0.717) is 5.65 Å². The van der Waals surface area contributed by atoms with Gasteiger partial charge in [-0.05, 0) is 92.3 Å². The molecule has 0 aliphatic rings. The van der Waals surface area contributed by atoms with Crippen LogP contribution in [0.15, 0.2) is 193 Å². The van der Waals surface area contributed by atoms with Crippen molar-refractivity contribution in [1.29, 1.82) is 0 Å². The lowest BCUT2D eigenvalue weighted by Gasteiger charge is -2.19. The van der Waals surface area contributed by atoms with Gasteiger partial charge in [0.25, 0.3) is 0 Å². The van der Waals surface area contributed by atoms with E-state index in [4.69, 9.17) is 9.97 Å². The number of rotatable bonds is 4. The molecule has 4 aromatic heterocycles. The molecule has 0 radical (unpaired) electrons. The maximum absolute atomic E-state index is 14.6. The number of benzene rings is 8. The minimum Gasteiger partial charge on any atom is -0.262 e. The summed E-state index contributed by atoms with van der Waals surface area (Å²) in [5, 5.41) is 7.63. The average Bonchev–Trinajstić information content (AvgIpc) is 3.69. The zero-order chi connectivity index (χ0) is 38.3. The maximum atomic E-state index is 14.6. The number of imidazole rings is 1. The van der Waals surface area contributed by atoms with E-state index < -0.39 is 0 Å². The summed E-state index contributed by atoms with van der Waals surface area (Å²) in [5.74, 6) is 0. The highest BCUT2D eigenvalue weighted by Gasteiger charge is 2.21. The predicted molar refractivity (Wildman–Crippen MR) is 238 cm³/mol. The molecule has 0 fully saturated rings. The van der Waals surface area contributed by atoms with Gasteiger partial charge in [0, 0.05) is 27.9 Å². The topological polar surface area (TPSA) is 65.1 Å². The Kier molecular flexibility index (Phi) is 6.98. The lowest BCUT2D eigenvalue weighted by molar-refractivity contribution is 0.932. The Morgan fingerprint density at radius 3 is 1.78 bits per heavy atom. The third-order valence-electron chi connectivity index (χ3n) is 11.6. The lowest BCUT2D eigenvalue weighted by atomic mass is 9.85. The monoisotopic (exact) mass is 741 g/mol. The molecule has 0 atom stereocenters. The van der Waals surface area contributed by atoms with Crippen molar-refractivity contribution in [2.45, 2.75) is 0 Å². The van der Waals surface area contributed by atoms with Gasteiger partial charge in [-0.15, -0.1) is 0 Å². The molecule has 0 amide bonds. The predicted octanol–water partition coefficient (Wildman–Crippen LogP) is 12.2.